The number of rotatable bonds is 7. The van der Waals surface area contributed by atoms with E-state index in [1.807, 2.05) is 61.5 Å². The van der Waals surface area contributed by atoms with Gasteiger partial charge in [-0.05, 0) is 36.5 Å². The minimum absolute atomic E-state index is 0.0512. The summed E-state index contributed by atoms with van der Waals surface area (Å²) >= 11 is 0. The highest BCUT2D eigenvalue weighted by molar-refractivity contribution is 5.79. The van der Waals surface area contributed by atoms with Crippen molar-refractivity contribution in [3.8, 4) is 0 Å². The third-order valence-electron chi connectivity index (χ3n) is 5.83. The molecular weight excluding hydrogens is 388 g/mol. The van der Waals surface area contributed by atoms with Crippen LogP contribution >= 0.6 is 0 Å². The molecule has 162 valence electrons. The van der Waals surface area contributed by atoms with E-state index in [1.165, 1.54) is 12.8 Å². The van der Waals surface area contributed by atoms with Crippen LogP contribution in [-0.4, -0.2) is 29.2 Å². The summed E-state index contributed by atoms with van der Waals surface area (Å²) in [6, 6.07) is 18.2. The molecular formula is C25H30N4O2. The number of amides is 1. The zero-order chi connectivity index (χ0) is 21.5. The molecule has 1 unspecified atom stereocenters. The number of hydrogen-bond acceptors (Lipinski definition) is 5. The largest absolute Gasteiger partial charge is 0.406 e. The normalized spacial score (nSPS) is 15.3. The SMILES string of the molecule is Cc1ccccc1CC(=O)NC(Cc1ccccc1)c1nnc(N2CCCCCC2)o1. The van der Waals surface area contributed by atoms with Gasteiger partial charge in [-0.2, -0.15) is 0 Å². The van der Waals surface area contributed by atoms with Gasteiger partial charge in [0, 0.05) is 19.5 Å². The van der Waals surface area contributed by atoms with E-state index in [2.05, 4.69) is 20.4 Å². The maximum Gasteiger partial charge on any atom is 0.318 e. The first-order chi connectivity index (χ1) is 15.2. The molecule has 0 saturated carbocycles. The molecule has 1 atom stereocenters. The fraction of sp³-hybridized carbons (Fsp3) is 0.400. The number of nitrogens with one attached hydrogen (secondary N) is 1. The summed E-state index contributed by atoms with van der Waals surface area (Å²) in [5.41, 5.74) is 3.24. The Bertz CT molecular complexity index is 978. The highest BCUT2D eigenvalue weighted by atomic mass is 16.4. The van der Waals surface area contributed by atoms with E-state index < -0.39 is 0 Å². The van der Waals surface area contributed by atoms with E-state index in [4.69, 9.17) is 4.42 Å². The lowest BCUT2D eigenvalue weighted by Gasteiger charge is -2.18. The van der Waals surface area contributed by atoms with E-state index in [0.717, 1.165) is 42.6 Å². The van der Waals surface area contributed by atoms with Crippen molar-refractivity contribution in [1.29, 1.82) is 0 Å². The average Bonchev–Trinajstić information content (AvgIpc) is 3.11. The third-order valence-corrected chi connectivity index (χ3v) is 5.83. The van der Waals surface area contributed by atoms with Gasteiger partial charge in [0.2, 0.25) is 11.8 Å². The number of hydrogen-bond donors (Lipinski definition) is 1. The maximum atomic E-state index is 12.9. The van der Waals surface area contributed by atoms with E-state index >= 15 is 0 Å². The Morgan fingerprint density at radius 3 is 2.45 bits per heavy atom. The van der Waals surface area contributed by atoms with Gasteiger partial charge in [0.25, 0.3) is 0 Å². The van der Waals surface area contributed by atoms with Crippen LogP contribution in [0.5, 0.6) is 0 Å². The number of carbonyl (C=O) groups is 1. The molecule has 0 aliphatic carbocycles. The van der Waals surface area contributed by atoms with E-state index in [0.29, 0.717) is 24.7 Å². The molecule has 2 aromatic carbocycles. The lowest BCUT2D eigenvalue weighted by molar-refractivity contribution is -0.121. The van der Waals surface area contributed by atoms with Crippen LogP contribution in [0.15, 0.2) is 59.0 Å². The van der Waals surface area contributed by atoms with Crippen molar-refractivity contribution in [2.24, 2.45) is 0 Å². The quantitative estimate of drug-likeness (QED) is 0.616. The van der Waals surface area contributed by atoms with Gasteiger partial charge >= 0.3 is 6.01 Å². The second kappa shape index (κ2) is 10.2. The van der Waals surface area contributed by atoms with Gasteiger partial charge < -0.3 is 14.6 Å². The van der Waals surface area contributed by atoms with Crippen LogP contribution in [0, 0.1) is 6.92 Å². The first-order valence-electron chi connectivity index (χ1n) is 11.1. The lowest BCUT2D eigenvalue weighted by atomic mass is 10.0. The molecule has 1 saturated heterocycles. The summed E-state index contributed by atoms with van der Waals surface area (Å²) in [5.74, 6) is 0.408. The van der Waals surface area contributed by atoms with Crippen LogP contribution < -0.4 is 10.2 Å². The highest BCUT2D eigenvalue weighted by Gasteiger charge is 2.24. The average molecular weight is 419 g/mol. The van der Waals surface area contributed by atoms with Gasteiger partial charge in [-0.15, -0.1) is 5.10 Å². The minimum Gasteiger partial charge on any atom is -0.406 e. The summed E-state index contributed by atoms with van der Waals surface area (Å²) in [5, 5.41) is 11.8. The predicted octanol–water partition coefficient (Wildman–Crippen LogP) is 4.40. The molecule has 31 heavy (non-hydrogen) atoms. The molecule has 0 spiro atoms. The number of carbonyl (C=O) groups excluding carboxylic acids is 1. The van der Waals surface area contributed by atoms with Gasteiger partial charge in [-0.25, -0.2) is 0 Å². The van der Waals surface area contributed by atoms with Crippen LogP contribution in [0.1, 0.15) is 54.3 Å². The van der Waals surface area contributed by atoms with Crippen molar-refractivity contribution < 1.29 is 9.21 Å². The summed E-state index contributed by atoms with van der Waals surface area (Å²) in [6.45, 7) is 3.89. The molecule has 3 aromatic rings. The molecule has 4 rings (SSSR count). The van der Waals surface area contributed by atoms with Crippen molar-refractivity contribution in [2.45, 2.75) is 51.5 Å². The zero-order valence-corrected chi connectivity index (χ0v) is 18.1. The Hall–Kier alpha value is -3.15. The van der Waals surface area contributed by atoms with Crippen molar-refractivity contribution in [1.82, 2.24) is 15.5 Å². The first kappa shape index (κ1) is 21.1. The fourth-order valence-corrected chi connectivity index (χ4v) is 4.03. The highest BCUT2D eigenvalue weighted by Crippen LogP contribution is 2.23. The van der Waals surface area contributed by atoms with Crippen LogP contribution in [0.2, 0.25) is 0 Å². The molecule has 1 fully saturated rings. The van der Waals surface area contributed by atoms with Gasteiger partial charge in [0.15, 0.2) is 0 Å². The molecule has 6 heteroatoms. The van der Waals surface area contributed by atoms with Gasteiger partial charge in [0.05, 0.1) is 6.42 Å². The summed E-state index contributed by atoms with van der Waals surface area (Å²) < 4.78 is 6.08. The number of anilines is 1. The Morgan fingerprint density at radius 2 is 1.71 bits per heavy atom. The van der Waals surface area contributed by atoms with Gasteiger partial charge in [-0.3, -0.25) is 4.79 Å². The molecule has 2 heterocycles. The Kier molecular flexibility index (Phi) is 6.97. The summed E-state index contributed by atoms with van der Waals surface area (Å²) in [4.78, 5) is 15.0. The monoisotopic (exact) mass is 418 g/mol. The smallest absolute Gasteiger partial charge is 0.318 e. The molecule has 1 amide bonds. The van der Waals surface area contributed by atoms with Crippen LogP contribution in [0.25, 0.3) is 0 Å². The minimum atomic E-state index is -0.368. The van der Waals surface area contributed by atoms with Crippen molar-refractivity contribution in [3.05, 3.63) is 77.2 Å². The van der Waals surface area contributed by atoms with E-state index in [1.54, 1.807) is 0 Å². The second-order valence-corrected chi connectivity index (χ2v) is 8.24. The Morgan fingerprint density at radius 1 is 1.00 bits per heavy atom. The van der Waals surface area contributed by atoms with Gasteiger partial charge in [-0.1, -0.05) is 72.5 Å². The molecule has 1 aliphatic heterocycles. The summed E-state index contributed by atoms with van der Waals surface area (Å²) in [7, 11) is 0. The lowest BCUT2D eigenvalue weighted by Crippen LogP contribution is -2.31. The molecule has 0 bridgehead atoms. The number of benzene rings is 2. The number of nitrogens with zero attached hydrogens (tertiary/aromatic N) is 3. The van der Waals surface area contributed by atoms with Crippen molar-refractivity contribution in [2.75, 3.05) is 18.0 Å². The van der Waals surface area contributed by atoms with Crippen LogP contribution in [-0.2, 0) is 17.6 Å². The molecule has 0 radical (unpaired) electrons. The van der Waals surface area contributed by atoms with E-state index in [9.17, 15) is 4.79 Å². The van der Waals surface area contributed by atoms with Crippen molar-refractivity contribution in [3.63, 3.8) is 0 Å². The van der Waals surface area contributed by atoms with Crippen LogP contribution in [0.4, 0.5) is 6.01 Å². The summed E-state index contributed by atoms with van der Waals surface area (Å²) in [6.07, 6.45) is 5.68. The first-order valence-corrected chi connectivity index (χ1v) is 11.1. The topological polar surface area (TPSA) is 71.3 Å². The standard InChI is InChI=1S/C25H30N4O2/c1-19-11-7-8-14-21(19)18-23(30)26-22(17-20-12-5-4-6-13-20)24-27-28-25(31-24)29-15-9-2-3-10-16-29/h4-8,11-14,22H,2-3,9-10,15-18H2,1H3,(H,26,30). The molecule has 1 aromatic heterocycles. The zero-order valence-electron chi connectivity index (χ0n) is 18.1. The van der Waals surface area contributed by atoms with Crippen LogP contribution in [0.3, 0.4) is 0 Å². The van der Waals surface area contributed by atoms with E-state index in [-0.39, 0.29) is 11.9 Å². The predicted molar refractivity (Wildman–Crippen MR) is 121 cm³/mol. The molecule has 1 N–H and O–H groups in total. The molecule has 6 nitrogen and oxygen atoms in total. The maximum absolute atomic E-state index is 12.9. The van der Waals surface area contributed by atoms with Crippen molar-refractivity contribution >= 4 is 11.9 Å². The number of aromatic nitrogens is 2. The Labute approximate surface area is 183 Å². The fourth-order valence-electron chi connectivity index (χ4n) is 4.03. The number of aryl methyl sites for hydroxylation is 1. The third kappa shape index (κ3) is 5.72. The molecule has 1 aliphatic rings. The Balaban J connectivity index is 1.51. The van der Waals surface area contributed by atoms with Gasteiger partial charge in [0.1, 0.15) is 6.04 Å². The second-order valence-electron chi connectivity index (χ2n) is 8.24.